The molecule has 0 spiro atoms. The molecule has 3 nitrogen and oxygen atoms in total. The average Bonchev–Trinajstić information content (AvgIpc) is 2.23. The summed E-state index contributed by atoms with van der Waals surface area (Å²) in [7, 11) is 0. The van der Waals surface area contributed by atoms with Crippen molar-refractivity contribution in [3.63, 3.8) is 0 Å². The Morgan fingerprint density at radius 3 is 2.86 bits per heavy atom. The third-order valence-electron chi connectivity index (χ3n) is 2.13. The van der Waals surface area contributed by atoms with Crippen LogP contribution >= 0.6 is 0 Å². The summed E-state index contributed by atoms with van der Waals surface area (Å²) in [5.41, 5.74) is 0.780. The highest BCUT2D eigenvalue weighted by Gasteiger charge is 1.97. The maximum absolute atomic E-state index is 9.54. The number of fused-ring (bicyclic) bond motifs is 1. The third-order valence-corrected chi connectivity index (χ3v) is 2.13. The molecule has 0 aliphatic heterocycles. The van der Waals surface area contributed by atoms with Gasteiger partial charge in [0.15, 0.2) is 0 Å². The van der Waals surface area contributed by atoms with Crippen molar-refractivity contribution in [2.75, 3.05) is 6.54 Å². The predicted octanol–water partition coefficient (Wildman–Crippen LogP) is 1.80. The molecule has 72 valence electrons. The van der Waals surface area contributed by atoms with E-state index in [1.165, 1.54) is 0 Å². The summed E-state index contributed by atoms with van der Waals surface area (Å²) >= 11 is 0. The Hall–Kier alpha value is -1.77. The molecule has 2 aromatic rings. The zero-order valence-corrected chi connectivity index (χ0v) is 8.01. The standard InChI is InChI=1S/C11H12N2O/c1-2-12-10-7-8-13(14)11-6-4-3-5-9(10)11/h3-8,14H,2H2,1H3. The fraction of sp³-hybridized carbons (Fsp3) is 0.182. The van der Waals surface area contributed by atoms with Crippen LogP contribution in [0.3, 0.4) is 0 Å². The van der Waals surface area contributed by atoms with Crippen LogP contribution in [0.2, 0.25) is 0 Å². The van der Waals surface area contributed by atoms with E-state index in [-0.39, 0.29) is 0 Å². The van der Waals surface area contributed by atoms with Crippen molar-refractivity contribution in [3.8, 4) is 0 Å². The van der Waals surface area contributed by atoms with Gasteiger partial charge in [-0.2, -0.15) is 4.73 Å². The maximum atomic E-state index is 9.54. The summed E-state index contributed by atoms with van der Waals surface area (Å²) in [5, 5.41) is 11.4. The molecular weight excluding hydrogens is 176 g/mol. The van der Waals surface area contributed by atoms with Crippen molar-refractivity contribution in [1.82, 2.24) is 4.73 Å². The van der Waals surface area contributed by atoms with Gasteiger partial charge in [-0.1, -0.05) is 18.2 Å². The van der Waals surface area contributed by atoms with Crippen molar-refractivity contribution in [2.45, 2.75) is 6.92 Å². The quantitative estimate of drug-likeness (QED) is 0.681. The number of pyridine rings is 1. The Morgan fingerprint density at radius 1 is 1.29 bits per heavy atom. The summed E-state index contributed by atoms with van der Waals surface area (Å²) in [5.74, 6) is 0. The molecule has 0 fully saturated rings. The largest absolute Gasteiger partial charge is 0.428 e. The number of rotatable bonds is 1. The summed E-state index contributed by atoms with van der Waals surface area (Å²) < 4.78 is 1.12. The molecule has 14 heavy (non-hydrogen) atoms. The molecule has 3 heteroatoms. The molecule has 1 aromatic carbocycles. The summed E-state index contributed by atoms with van der Waals surface area (Å²) in [6, 6.07) is 9.47. The first-order valence-corrected chi connectivity index (χ1v) is 4.63. The number of nitrogens with zero attached hydrogens (tertiary/aromatic N) is 2. The molecule has 1 heterocycles. The van der Waals surface area contributed by atoms with Gasteiger partial charge in [-0.25, -0.2) is 0 Å². The second-order valence-corrected chi connectivity index (χ2v) is 3.04. The maximum Gasteiger partial charge on any atom is 0.0886 e. The van der Waals surface area contributed by atoms with Gasteiger partial charge in [-0.15, -0.1) is 0 Å². The van der Waals surface area contributed by atoms with Gasteiger partial charge >= 0.3 is 0 Å². The van der Waals surface area contributed by atoms with Gasteiger partial charge in [0, 0.05) is 18.1 Å². The molecule has 0 radical (unpaired) electrons. The zero-order chi connectivity index (χ0) is 9.97. The lowest BCUT2D eigenvalue weighted by molar-refractivity contribution is 0.198. The Bertz CT molecular complexity index is 514. The molecule has 0 atom stereocenters. The predicted molar refractivity (Wildman–Crippen MR) is 55.2 cm³/mol. The van der Waals surface area contributed by atoms with Crippen LogP contribution in [0, 0.1) is 0 Å². The van der Waals surface area contributed by atoms with E-state index in [1.807, 2.05) is 37.3 Å². The van der Waals surface area contributed by atoms with E-state index in [2.05, 4.69) is 4.99 Å². The normalized spacial score (nSPS) is 12.2. The topological polar surface area (TPSA) is 37.5 Å². The van der Waals surface area contributed by atoms with Crippen LogP contribution in [-0.2, 0) is 0 Å². The van der Waals surface area contributed by atoms with Gasteiger partial charge in [-0.3, -0.25) is 4.99 Å². The van der Waals surface area contributed by atoms with Crippen LogP contribution < -0.4 is 5.36 Å². The van der Waals surface area contributed by atoms with E-state index >= 15 is 0 Å². The number of para-hydroxylation sites is 1. The lowest BCUT2D eigenvalue weighted by Crippen LogP contribution is -2.07. The highest BCUT2D eigenvalue weighted by molar-refractivity contribution is 5.77. The van der Waals surface area contributed by atoms with Crippen molar-refractivity contribution >= 4 is 10.9 Å². The van der Waals surface area contributed by atoms with Crippen LogP contribution in [0.4, 0.5) is 0 Å². The van der Waals surface area contributed by atoms with Crippen LogP contribution in [-0.4, -0.2) is 16.5 Å². The number of aromatic nitrogens is 1. The van der Waals surface area contributed by atoms with Crippen LogP contribution in [0.15, 0.2) is 41.5 Å². The van der Waals surface area contributed by atoms with Gasteiger partial charge in [-0.05, 0) is 19.1 Å². The van der Waals surface area contributed by atoms with Crippen molar-refractivity contribution in [2.24, 2.45) is 4.99 Å². The minimum absolute atomic E-state index is 0.749. The van der Waals surface area contributed by atoms with E-state index in [1.54, 1.807) is 6.20 Å². The Morgan fingerprint density at radius 2 is 2.07 bits per heavy atom. The van der Waals surface area contributed by atoms with Crippen LogP contribution in [0.1, 0.15) is 6.92 Å². The fourth-order valence-corrected chi connectivity index (χ4v) is 1.51. The molecular formula is C11H12N2O. The smallest absolute Gasteiger partial charge is 0.0886 e. The van der Waals surface area contributed by atoms with Gasteiger partial charge < -0.3 is 5.21 Å². The average molecular weight is 188 g/mol. The third kappa shape index (κ3) is 1.37. The second-order valence-electron chi connectivity index (χ2n) is 3.04. The minimum atomic E-state index is 0.749. The Kier molecular flexibility index (Phi) is 2.23. The van der Waals surface area contributed by atoms with E-state index in [0.29, 0.717) is 0 Å². The summed E-state index contributed by atoms with van der Waals surface area (Å²) in [6.45, 7) is 2.74. The highest BCUT2D eigenvalue weighted by atomic mass is 16.5. The molecule has 1 N–H and O–H groups in total. The molecule has 0 aliphatic carbocycles. The first-order chi connectivity index (χ1) is 6.83. The number of benzene rings is 1. The van der Waals surface area contributed by atoms with Crippen molar-refractivity contribution < 1.29 is 5.21 Å². The van der Waals surface area contributed by atoms with E-state index in [0.717, 1.165) is 27.5 Å². The van der Waals surface area contributed by atoms with Gasteiger partial charge in [0.2, 0.25) is 0 Å². The monoisotopic (exact) mass is 188 g/mol. The van der Waals surface area contributed by atoms with Crippen molar-refractivity contribution in [3.05, 3.63) is 41.9 Å². The Balaban J connectivity index is 2.89. The molecule has 1 aromatic heterocycles. The van der Waals surface area contributed by atoms with Crippen molar-refractivity contribution in [1.29, 1.82) is 0 Å². The minimum Gasteiger partial charge on any atom is -0.428 e. The number of hydrogen-bond donors (Lipinski definition) is 1. The summed E-state index contributed by atoms with van der Waals surface area (Å²) in [6.07, 6.45) is 1.61. The Labute approximate surface area is 81.9 Å². The molecule has 0 saturated heterocycles. The second kappa shape index (κ2) is 3.54. The van der Waals surface area contributed by atoms with E-state index < -0.39 is 0 Å². The lowest BCUT2D eigenvalue weighted by atomic mass is 10.2. The zero-order valence-electron chi connectivity index (χ0n) is 8.01. The fourth-order valence-electron chi connectivity index (χ4n) is 1.51. The first-order valence-electron chi connectivity index (χ1n) is 4.63. The number of hydrogen-bond acceptors (Lipinski definition) is 2. The molecule has 0 aliphatic rings. The van der Waals surface area contributed by atoms with Gasteiger partial charge in [0.25, 0.3) is 0 Å². The molecule has 0 unspecified atom stereocenters. The highest BCUT2D eigenvalue weighted by Crippen LogP contribution is 2.06. The van der Waals surface area contributed by atoms with Crippen LogP contribution in [0.5, 0.6) is 0 Å². The lowest BCUT2D eigenvalue weighted by Gasteiger charge is -2.03. The van der Waals surface area contributed by atoms with Gasteiger partial charge in [0.1, 0.15) is 0 Å². The first kappa shape index (κ1) is 8.81. The molecule has 0 bridgehead atoms. The molecule has 0 amide bonds. The summed E-state index contributed by atoms with van der Waals surface area (Å²) in [4.78, 5) is 4.35. The van der Waals surface area contributed by atoms with E-state index in [4.69, 9.17) is 0 Å². The molecule has 2 rings (SSSR count). The van der Waals surface area contributed by atoms with E-state index in [9.17, 15) is 5.21 Å². The molecule has 0 saturated carbocycles. The SMILES string of the molecule is CCN=c1ccn(O)c2ccccc12. The van der Waals surface area contributed by atoms with Crippen LogP contribution in [0.25, 0.3) is 10.9 Å². The van der Waals surface area contributed by atoms with Gasteiger partial charge in [0.05, 0.1) is 10.9 Å².